The lowest BCUT2D eigenvalue weighted by molar-refractivity contribution is -0.143. The first kappa shape index (κ1) is 23.4. The van der Waals surface area contributed by atoms with Gasteiger partial charge >= 0.3 is 18.1 Å². The van der Waals surface area contributed by atoms with Gasteiger partial charge in [-0.2, -0.15) is 13.2 Å². The van der Waals surface area contributed by atoms with Crippen molar-refractivity contribution in [2.75, 3.05) is 0 Å². The fourth-order valence-electron chi connectivity index (χ4n) is 3.16. The van der Waals surface area contributed by atoms with Crippen LogP contribution in [-0.4, -0.2) is 43.8 Å². The zero-order valence-electron chi connectivity index (χ0n) is 16.6. The minimum absolute atomic E-state index is 0.0207. The summed E-state index contributed by atoms with van der Waals surface area (Å²) in [6.07, 6.45) is -1.73. The number of halogens is 3. The summed E-state index contributed by atoms with van der Waals surface area (Å²) in [4.78, 5) is 27.1. The zero-order valence-corrected chi connectivity index (χ0v) is 16.6. The summed E-state index contributed by atoms with van der Waals surface area (Å²) in [7, 11) is 0. The van der Waals surface area contributed by atoms with Crippen molar-refractivity contribution >= 4 is 11.9 Å². The summed E-state index contributed by atoms with van der Waals surface area (Å²) < 4.78 is 41.2. The maximum Gasteiger partial charge on any atom is 0.416 e. The second-order valence-electron chi connectivity index (χ2n) is 7.45. The number of aliphatic carboxylic acids is 2. The van der Waals surface area contributed by atoms with E-state index in [9.17, 15) is 33.0 Å². The number of rotatable bonds is 10. The molecule has 0 saturated carbocycles. The molecular weight excluding hydrogens is 403 g/mol. The van der Waals surface area contributed by atoms with Gasteiger partial charge in [0.25, 0.3) is 0 Å². The number of hydrogen-bond donors (Lipinski definition) is 3. The van der Waals surface area contributed by atoms with Crippen LogP contribution in [0, 0.1) is 5.92 Å². The smallest absolute Gasteiger partial charge is 0.416 e. The van der Waals surface area contributed by atoms with Crippen molar-refractivity contribution in [1.29, 1.82) is 0 Å². The molecule has 2 aromatic rings. The van der Waals surface area contributed by atoms with E-state index in [-0.39, 0.29) is 30.9 Å². The van der Waals surface area contributed by atoms with Gasteiger partial charge in [0.2, 0.25) is 0 Å². The van der Waals surface area contributed by atoms with Gasteiger partial charge in [0, 0.05) is 24.9 Å². The monoisotopic (exact) mass is 427 g/mol. The average Bonchev–Trinajstić information content (AvgIpc) is 3.06. The van der Waals surface area contributed by atoms with Crippen LogP contribution in [0.15, 0.2) is 36.8 Å². The van der Waals surface area contributed by atoms with Crippen LogP contribution < -0.4 is 5.32 Å². The highest BCUT2D eigenvalue weighted by Crippen LogP contribution is 2.32. The predicted molar refractivity (Wildman–Crippen MR) is 102 cm³/mol. The zero-order chi connectivity index (χ0) is 22.5. The SMILES string of the molecule is CC(C)CC(NC(Cc1cncn1Cc1ccccc1C(F)(F)F)C(=O)O)C(=O)O. The van der Waals surface area contributed by atoms with Crippen LogP contribution >= 0.6 is 0 Å². The van der Waals surface area contributed by atoms with E-state index < -0.39 is 35.8 Å². The molecule has 0 aliphatic heterocycles. The van der Waals surface area contributed by atoms with Gasteiger partial charge in [-0.3, -0.25) is 14.9 Å². The van der Waals surface area contributed by atoms with Crippen LogP contribution in [0.25, 0.3) is 0 Å². The van der Waals surface area contributed by atoms with E-state index in [1.165, 1.54) is 35.3 Å². The van der Waals surface area contributed by atoms with Crippen molar-refractivity contribution in [2.24, 2.45) is 5.92 Å². The quantitative estimate of drug-likeness (QED) is 0.539. The molecule has 0 bridgehead atoms. The van der Waals surface area contributed by atoms with E-state index in [1.54, 1.807) is 0 Å². The molecule has 0 fully saturated rings. The number of carboxylic acid groups (broad SMARTS) is 2. The highest BCUT2D eigenvalue weighted by Gasteiger charge is 2.33. The summed E-state index contributed by atoms with van der Waals surface area (Å²) in [6, 6.07) is 2.82. The van der Waals surface area contributed by atoms with Gasteiger partial charge in [-0.1, -0.05) is 32.0 Å². The lowest BCUT2D eigenvalue weighted by atomic mass is 10.0. The normalized spacial score (nSPS) is 13.9. The molecule has 7 nitrogen and oxygen atoms in total. The van der Waals surface area contributed by atoms with Crippen molar-refractivity contribution in [2.45, 2.75) is 51.5 Å². The van der Waals surface area contributed by atoms with E-state index in [1.807, 2.05) is 13.8 Å². The standard InChI is InChI=1S/C20H24F3N3O4/c1-12(2)7-16(18(27)28)25-17(19(29)30)8-14-9-24-11-26(14)10-13-5-3-4-6-15(13)20(21,22)23/h3-6,9,11-12,16-17,25H,7-8,10H2,1-2H3,(H,27,28)(H,29,30). The topological polar surface area (TPSA) is 104 Å². The Balaban J connectivity index is 2.23. The molecule has 30 heavy (non-hydrogen) atoms. The lowest BCUT2D eigenvalue weighted by Gasteiger charge is -2.22. The third kappa shape index (κ3) is 6.31. The Labute approximate surface area is 171 Å². The minimum atomic E-state index is -4.52. The molecular formula is C20H24F3N3O4. The first-order valence-corrected chi connectivity index (χ1v) is 9.34. The Hall–Kier alpha value is -2.88. The van der Waals surface area contributed by atoms with Gasteiger partial charge in [-0.05, 0) is 24.0 Å². The molecule has 1 aromatic carbocycles. The summed E-state index contributed by atoms with van der Waals surface area (Å²) >= 11 is 0. The summed E-state index contributed by atoms with van der Waals surface area (Å²) in [5, 5.41) is 21.5. The number of imidazole rings is 1. The fourth-order valence-corrected chi connectivity index (χ4v) is 3.16. The third-order valence-corrected chi connectivity index (χ3v) is 4.58. The first-order valence-electron chi connectivity index (χ1n) is 9.34. The van der Waals surface area contributed by atoms with E-state index in [0.29, 0.717) is 5.69 Å². The first-order chi connectivity index (χ1) is 14.0. The Bertz CT molecular complexity index is 880. The molecule has 0 saturated heterocycles. The van der Waals surface area contributed by atoms with Crippen molar-refractivity contribution in [3.63, 3.8) is 0 Å². The van der Waals surface area contributed by atoms with Gasteiger partial charge in [0.05, 0.1) is 11.9 Å². The van der Waals surface area contributed by atoms with Crippen molar-refractivity contribution in [1.82, 2.24) is 14.9 Å². The molecule has 3 N–H and O–H groups in total. The number of alkyl halides is 3. The number of benzene rings is 1. The number of aromatic nitrogens is 2. The fraction of sp³-hybridized carbons (Fsp3) is 0.450. The molecule has 0 radical (unpaired) electrons. The molecule has 10 heteroatoms. The summed E-state index contributed by atoms with van der Waals surface area (Å²) in [6.45, 7) is 3.49. The van der Waals surface area contributed by atoms with E-state index in [4.69, 9.17) is 0 Å². The number of carboxylic acids is 2. The molecule has 0 aliphatic rings. The number of hydrogen-bond acceptors (Lipinski definition) is 4. The molecule has 2 atom stereocenters. The Kier molecular flexibility index (Phi) is 7.60. The van der Waals surface area contributed by atoms with Gasteiger partial charge in [-0.15, -0.1) is 0 Å². The molecule has 1 aromatic heterocycles. The number of nitrogens with zero attached hydrogens (tertiary/aromatic N) is 2. The maximum atomic E-state index is 13.2. The van der Waals surface area contributed by atoms with Gasteiger partial charge in [0.1, 0.15) is 12.1 Å². The highest BCUT2D eigenvalue weighted by atomic mass is 19.4. The largest absolute Gasteiger partial charge is 0.480 e. The van der Waals surface area contributed by atoms with Crippen molar-refractivity contribution < 1.29 is 33.0 Å². The predicted octanol–water partition coefficient (Wildman–Crippen LogP) is 3.03. The molecule has 164 valence electrons. The number of carbonyl (C=O) groups is 2. The van der Waals surface area contributed by atoms with Crippen LogP contribution in [0.4, 0.5) is 13.2 Å². The minimum Gasteiger partial charge on any atom is -0.480 e. The third-order valence-electron chi connectivity index (χ3n) is 4.58. The average molecular weight is 427 g/mol. The van der Waals surface area contributed by atoms with Crippen LogP contribution in [0.1, 0.15) is 37.1 Å². The van der Waals surface area contributed by atoms with E-state index in [0.717, 1.165) is 6.07 Å². The maximum absolute atomic E-state index is 13.2. The Morgan fingerprint density at radius 1 is 1.13 bits per heavy atom. The summed E-state index contributed by atoms with van der Waals surface area (Å²) in [5.74, 6) is -2.39. The summed E-state index contributed by atoms with van der Waals surface area (Å²) in [5.41, 5.74) is -0.381. The molecule has 2 unspecified atom stereocenters. The van der Waals surface area contributed by atoms with Crippen LogP contribution in [0.3, 0.4) is 0 Å². The Morgan fingerprint density at radius 2 is 1.77 bits per heavy atom. The van der Waals surface area contributed by atoms with Crippen LogP contribution in [0.5, 0.6) is 0 Å². The van der Waals surface area contributed by atoms with Crippen molar-refractivity contribution in [3.8, 4) is 0 Å². The molecule has 2 rings (SSSR count). The van der Waals surface area contributed by atoms with Gasteiger partial charge < -0.3 is 14.8 Å². The van der Waals surface area contributed by atoms with E-state index >= 15 is 0 Å². The van der Waals surface area contributed by atoms with Crippen molar-refractivity contribution in [3.05, 3.63) is 53.6 Å². The van der Waals surface area contributed by atoms with Crippen LogP contribution in [-0.2, 0) is 28.7 Å². The molecule has 0 aliphatic carbocycles. The highest BCUT2D eigenvalue weighted by molar-refractivity contribution is 5.77. The molecule has 0 amide bonds. The number of nitrogens with one attached hydrogen (secondary N) is 1. The van der Waals surface area contributed by atoms with Crippen LogP contribution in [0.2, 0.25) is 0 Å². The Morgan fingerprint density at radius 3 is 2.33 bits per heavy atom. The lowest BCUT2D eigenvalue weighted by Crippen LogP contribution is -2.49. The second-order valence-corrected chi connectivity index (χ2v) is 7.45. The molecule has 1 heterocycles. The van der Waals surface area contributed by atoms with E-state index in [2.05, 4.69) is 10.3 Å². The second kappa shape index (κ2) is 9.75. The van der Waals surface area contributed by atoms with Gasteiger partial charge in [0.15, 0.2) is 0 Å². The molecule has 0 spiro atoms. The van der Waals surface area contributed by atoms with Gasteiger partial charge in [-0.25, -0.2) is 4.98 Å².